The molecule has 20 heavy (non-hydrogen) atoms. The highest BCUT2D eigenvalue weighted by atomic mass is 16.6. The fraction of sp³-hybridized carbons (Fsp3) is 0.462. The third-order valence-corrected chi connectivity index (χ3v) is 3.14. The fourth-order valence-corrected chi connectivity index (χ4v) is 2.22. The van der Waals surface area contributed by atoms with Crippen LogP contribution in [-0.4, -0.2) is 30.6 Å². The van der Waals surface area contributed by atoms with Gasteiger partial charge in [0.05, 0.1) is 13.7 Å². The van der Waals surface area contributed by atoms with Crippen molar-refractivity contribution in [2.24, 2.45) is 5.73 Å². The number of methoxy groups -OCH3 is 1. The van der Waals surface area contributed by atoms with Crippen molar-refractivity contribution in [3.63, 3.8) is 0 Å². The Labute approximate surface area is 116 Å². The summed E-state index contributed by atoms with van der Waals surface area (Å²) in [5, 5.41) is 1.99. The van der Waals surface area contributed by atoms with E-state index in [1.807, 2.05) is 5.32 Å². The Bertz CT molecular complexity index is 531. The number of hydrogen-bond donors (Lipinski definition) is 2. The smallest absolute Gasteiger partial charge is 0.420 e. The maximum atomic E-state index is 11.5. The number of aromatic nitrogens is 1. The summed E-state index contributed by atoms with van der Waals surface area (Å²) in [5.74, 6) is -0.0973. The van der Waals surface area contributed by atoms with Gasteiger partial charge in [-0.1, -0.05) is 0 Å². The molecular formula is C13H17N3O4. The number of nitrogens with one attached hydrogen (secondary N) is 1. The van der Waals surface area contributed by atoms with Crippen molar-refractivity contribution in [2.45, 2.75) is 25.7 Å². The molecule has 0 saturated heterocycles. The molecule has 0 atom stereocenters. The largest absolute Gasteiger partial charge is 0.491 e. The molecule has 1 aromatic heterocycles. The summed E-state index contributed by atoms with van der Waals surface area (Å²) < 4.78 is 10.3. The first-order valence-electron chi connectivity index (χ1n) is 6.42. The predicted octanol–water partition coefficient (Wildman–Crippen LogP) is 0.543. The average molecular weight is 279 g/mol. The predicted molar refractivity (Wildman–Crippen MR) is 70.7 cm³/mol. The summed E-state index contributed by atoms with van der Waals surface area (Å²) in [6.45, 7) is -0.288. The second-order valence-electron chi connectivity index (χ2n) is 4.45. The summed E-state index contributed by atoms with van der Waals surface area (Å²) in [4.78, 5) is 26.6. The average Bonchev–Trinajstić information content (AvgIpc) is 2.46. The number of aryl methyl sites for hydroxylation is 1. The topological polar surface area (TPSA) is 104 Å². The Morgan fingerprint density at radius 3 is 2.85 bits per heavy atom. The van der Waals surface area contributed by atoms with Crippen LogP contribution in [0.5, 0.6) is 11.6 Å². The molecule has 2 amide bonds. The van der Waals surface area contributed by atoms with E-state index in [0.717, 1.165) is 36.8 Å². The van der Waals surface area contributed by atoms with Crippen LogP contribution in [0.2, 0.25) is 0 Å². The zero-order chi connectivity index (χ0) is 14.5. The van der Waals surface area contributed by atoms with E-state index in [4.69, 9.17) is 15.2 Å². The lowest BCUT2D eigenvalue weighted by molar-refractivity contribution is -0.118. The molecule has 7 nitrogen and oxygen atoms in total. The Morgan fingerprint density at radius 1 is 1.40 bits per heavy atom. The van der Waals surface area contributed by atoms with E-state index in [1.54, 1.807) is 6.20 Å². The van der Waals surface area contributed by atoms with E-state index in [0.29, 0.717) is 5.75 Å². The standard InChI is InChI=1S/C13H17N3O4/c1-19-11-9-5-3-2-4-8(9)7-15-12(11)20-13(18)16-10(17)6-14/h7H,2-6,14H2,1H3,(H,16,17,18). The lowest BCUT2D eigenvalue weighted by Gasteiger charge is -2.19. The summed E-state index contributed by atoms with van der Waals surface area (Å²) in [6, 6.07) is 0. The minimum atomic E-state index is -0.915. The van der Waals surface area contributed by atoms with Gasteiger partial charge in [0, 0.05) is 11.8 Å². The van der Waals surface area contributed by atoms with Gasteiger partial charge in [0.1, 0.15) is 0 Å². The normalized spacial score (nSPS) is 13.3. The minimum absolute atomic E-state index is 0.0653. The number of nitrogens with two attached hydrogens (primary N) is 1. The number of rotatable bonds is 3. The molecule has 3 N–H and O–H groups in total. The molecule has 1 aliphatic rings. The molecular weight excluding hydrogens is 262 g/mol. The van der Waals surface area contributed by atoms with Crippen LogP contribution in [0.1, 0.15) is 24.0 Å². The number of imide groups is 1. The van der Waals surface area contributed by atoms with Crippen LogP contribution in [0.4, 0.5) is 4.79 Å². The molecule has 1 aliphatic carbocycles. The fourth-order valence-electron chi connectivity index (χ4n) is 2.22. The van der Waals surface area contributed by atoms with Gasteiger partial charge in [-0.2, -0.15) is 0 Å². The molecule has 0 aromatic carbocycles. The number of nitrogens with zero attached hydrogens (tertiary/aromatic N) is 1. The molecule has 0 fully saturated rings. The number of fused-ring (bicyclic) bond motifs is 1. The van der Waals surface area contributed by atoms with Crippen molar-refractivity contribution >= 4 is 12.0 Å². The van der Waals surface area contributed by atoms with Crippen LogP contribution in [0.3, 0.4) is 0 Å². The Balaban J connectivity index is 2.19. The summed E-state index contributed by atoms with van der Waals surface area (Å²) in [7, 11) is 1.50. The van der Waals surface area contributed by atoms with Crippen LogP contribution in [0.15, 0.2) is 6.20 Å². The summed E-state index contributed by atoms with van der Waals surface area (Å²) in [6.07, 6.45) is 4.75. The van der Waals surface area contributed by atoms with Gasteiger partial charge in [0.15, 0.2) is 5.75 Å². The van der Waals surface area contributed by atoms with Crippen molar-refractivity contribution in [3.8, 4) is 11.6 Å². The number of amides is 2. The first-order chi connectivity index (χ1) is 9.65. The highest BCUT2D eigenvalue weighted by molar-refractivity contribution is 5.93. The molecule has 7 heteroatoms. The molecule has 0 bridgehead atoms. The lowest BCUT2D eigenvalue weighted by Crippen LogP contribution is -2.37. The van der Waals surface area contributed by atoms with Crippen molar-refractivity contribution < 1.29 is 19.1 Å². The first kappa shape index (κ1) is 14.3. The Hall–Kier alpha value is -2.15. The van der Waals surface area contributed by atoms with E-state index in [2.05, 4.69) is 4.98 Å². The van der Waals surface area contributed by atoms with Crippen LogP contribution >= 0.6 is 0 Å². The number of pyridine rings is 1. The van der Waals surface area contributed by atoms with Crippen molar-refractivity contribution in [3.05, 3.63) is 17.3 Å². The molecule has 0 radical (unpaired) electrons. The van der Waals surface area contributed by atoms with Gasteiger partial charge in [-0.15, -0.1) is 0 Å². The zero-order valence-electron chi connectivity index (χ0n) is 11.3. The summed E-state index contributed by atoms with van der Waals surface area (Å²) >= 11 is 0. The number of hydrogen-bond acceptors (Lipinski definition) is 6. The van der Waals surface area contributed by atoms with Crippen LogP contribution < -0.4 is 20.5 Å². The van der Waals surface area contributed by atoms with Crippen LogP contribution in [0.25, 0.3) is 0 Å². The lowest BCUT2D eigenvalue weighted by atomic mass is 9.93. The molecule has 108 valence electrons. The van der Waals surface area contributed by atoms with Gasteiger partial charge >= 0.3 is 6.09 Å². The van der Waals surface area contributed by atoms with E-state index < -0.39 is 12.0 Å². The quantitative estimate of drug-likeness (QED) is 0.837. The van der Waals surface area contributed by atoms with Gasteiger partial charge < -0.3 is 15.2 Å². The number of carbonyl (C=O) groups is 2. The Kier molecular flexibility index (Phi) is 4.52. The molecule has 2 rings (SSSR count). The van der Waals surface area contributed by atoms with Crippen molar-refractivity contribution in [1.29, 1.82) is 0 Å². The maximum absolute atomic E-state index is 11.5. The Morgan fingerprint density at radius 2 is 2.15 bits per heavy atom. The van der Waals surface area contributed by atoms with E-state index in [-0.39, 0.29) is 12.4 Å². The van der Waals surface area contributed by atoms with E-state index >= 15 is 0 Å². The minimum Gasteiger partial charge on any atom is -0.491 e. The van der Waals surface area contributed by atoms with Gasteiger partial charge in [-0.25, -0.2) is 9.78 Å². The zero-order valence-corrected chi connectivity index (χ0v) is 11.3. The third-order valence-electron chi connectivity index (χ3n) is 3.14. The van der Waals surface area contributed by atoms with Gasteiger partial charge in [-0.05, 0) is 31.2 Å². The third kappa shape index (κ3) is 3.05. The molecule has 0 saturated carbocycles. The van der Waals surface area contributed by atoms with Crippen LogP contribution in [0, 0.1) is 0 Å². The molecule has 1 aromatic rings. The second kappa shape index (κ2) is 6.33. The highest BCUT2D eigenvalue weighted by Crippen LogP contribution is 2.35. The molecule has 1 heterocycles. The van der Waals surface area contributed by atoms with E-state index in [1.165, 1.54) is 7.11 Å². The SMILES string of the molecule is COc1c(OC(=O)NC(=O)CN)ncc2c1CCCC2. The summed E-state index contributed by atoms with van der Waals surface area (Å²) in [5.41, 5.74) is 7.23. The van der Waals surface area contributed by atoms with Gasteiger partial charge in [0.2, 0.25) is 5.91 Å². The first-order valence-corrected chi connectivity index (χ1v) is 6.42. The molecule has 0 unspecified atom stereocenters. The van der Waals surface area contributed by atoms with Gasteiger partial charge in [-0.3, -0.25) is 10.1 Å². The molecule has 0 aliphatic heterocycles. The van der Waals surface area contributed by atoms with Crippen molar-refractivity contribution in [2.75, 3.05) is 13.7 Å². The second-order valence-corrected chi connectivity index (χ2v) is 4.45. The maximum Gasteiger partial charge on any atom is 0.420 e. The molecule has 0 spiro atoms. The highest BCUT2D eigenvalue weighted by Gasteiger charge is 2.21. The van der Waals surface area contributed by atoms with E-state index in [9.17, 15) is 9.59 Å². The van der Waals surface area contributed by atoms with Crippen molar-refractivity contribution in [1.82, 2.24) is 10.3 Å². The number of ether oxygens (including phenoxy) is 2. The number of carbonyl (C=O) groups excluding carboxylic acids is 2. The van der Waals surface area contributed by atoms with Crippen LogP contribution in [-0.2, 0) is 17.6 Å². The van der Waals surface area contributed by atoms with Gasteiger partial charge in [0.25, 0.3) is 5.88 Å². The monoisotopic (exact) mass is 279 g/mol.